The van der Waals surface area contributed by atoms with E-state index in [4.69, 9.17) is 4.74 Å². The molecule has 1 unspecified atom stereocenters. The van der Waals surface area contributed by atoms with Crippen LogP contribution in [0, 0.1) is 0 Å². The van der Waals surface area contributed by atoms with Crippen LogP contribution in [0.15, 0.2) is 6.07 Å². The van der Waals surface area contributed by atoms with Crippen molar-refractivity contribution in [1.82, 2.24) is 30.3 Å². The van der Waals surface area contributed by atoms with Crippen molar-refractivity contribution in [3.05, 3.63) is 16.8 Å². The quantitative estimate of drug-likeness (QED) is 0.792. The van der Waals surface area contributed by atoms with Crippen LogP contribution in [0.5, 0.6) is 5.88 Å². The second-order valence-corrected chi connectivity index (χ2v) is 4.04. The number of methoxy groups -OCH3 is 1. The van der Waals surface area contributed by atoms with Gasteiger partial charge in [0, 0.05) is 17.0 Å². The van der Waals surface area contributed by atoms with Gasteiger partial charge >= 0.3 is 0 Å². The maximum absolute atomic E-state index is 5.03. The molecule has 8 heteroatoms. The first kappa shape index (κ1) is 11.0. The molecule has 2 aromatic heterocycles. The van der Waals surface area contributed by atoms with Crippen LogP contribution in [-0.2, 0) is 6.54 Å². The molecule has 86 valence electrons. The van der Waals surface area contributed by atoms with E-state index in [1.165, 1.54) is 11.5 Å². The van der Waals surface area contributed by atoms with E-state index in [1.54, 1.807) is 7.11 Å². The predicted molar refractivity (Wildman–Crippen MR) is 58.1 cm³/mol. The van der Waals surface area contributed by atoms with Gasteiger partial charge in [0.05, 0.1) is 13.7 Å². The molecule has 0 amide bonds. The van der Waals surface area contributed by atoms with E-state index >= 15 is 0 Å². The van der Waals surface area contributed by atoms with Crippen molar-refractivity contribution >= 4 is 11.5 Å². The van der Waals surface area contributed by atoms with E-state index in [2.05, 4.69) is 30.3 Å². The lowest BCUT2D eigenvalue weighted by Crippen LogP contribution is -2.18. The first-order valence-electron chi connectivity index (χ1n) is 4.76. The zero-order valence-corrected chi connectivity index (χ0v) is 9.78. The van der Waals surface area contributed by atoms with Gasteiger partial charge in [-0.25, -0.2) is 0 Å². The van der Waals surface area contributed by atoms with Crippen LogP contribution < -0.4 is 10.1 Å². The van der Waals surface area contributed by atoms with E-state index in [0.717, 1.165) is 4.88 Å². The Balaban J connectivity index is 1.90. The van der Waals surface area contributed by atoms with Crippen LogP contribution in [-0.4, -0.2) is 32.1 Å². The van der Waals surface area contributed by atoms with E-state index < -0.39 is 0 Å². The Labute approximate surface area is 96.4 Å². The number of tetrazole rings is 1. The molecule has 2 heterocycles. The molecule has 0 aliphatic heterocycles. The summed E-state index contributed by atoms with van der Waals surface area (Å²) >= 11 is 1.42. The number of aromatic nitrogens is 5. The minimum Gasteiger partial charge on any atom is -0.480 e. The number of hydrogen-bond acceptors (Lipinski definition) is 7. The third-order valence-corrected chi connectivity index (χ3v) is 3.05. The van der Waals surface area contributed by atoms with Gasteiger partial charge < -0.3 is 10.1 Å². The normalized spacial score (nSPS) is 12.6. The molecule has 2 aromatic rings. The van der Waals surface area contributed by atoms with Crippen molar-refractivity contribution in [3.8, 4) is 5.88 Å². The van der Waals surface area contributed by atoms with Crippen LogP contribution in [0.25, 0.3) is 0 Å². The summed E-state index contributed by atoms with van der Waals surface area (Å²) in [5.41, 5.74) is 0. The SMILES string of the molecule is COc1cc(C(C)NCc2nn[nH]n2)sn1. The van der Waals surface area contributed by atoms with Gasteiger partial charge in [-0.3, -0.25) is 0 Å². The number of nitrogens with one attached hydrogen (secondary N) is 2. The van der Waals surface area contributed by atoms with Crippen molar-refractivity contribution in [2.24, 2.45) is 0 Å². The molecule has 0 saturated carbocycles. The summed E-state index contributed by atoms with van der Waals surface area (Å²) in [6.45, 7) is 2.62. The molecule has 0 spiro atoms. The lowest BCUT2D eigenvalue weighted by Gasteiger charge is -2.08. The summed E-state index contributed by atoms with van der Waals surface area (Å²) < 4.78 is 9.16. The van der Waals surface area contributed by atoms with Gasteiger partial charge in [0.25, 0.3) is 0 Å². The Morgan fingerprint density at radius 1 is 1.62 bits per heavy atom. The highest BCUT2D eigenvalue weighted by Crippen LogP contribution is 2.22. The van der Waals surface area contributed by atoms with Gasteiger partial charge in [0.15, 0.2) is 5.82 Å². The van der Waals surface area contributed by atoms with Crippen LogP contribution >= 0.6 is 11.5 Å². The smallest absolute Gasteiger partial charge is 0.225 e. The van der Waals surface area contributed by atoms with E-state index in [9.17, 15) is 0 Å². The Hall–Kier alpha value is -1.54. The van der Waals surface area contributed by atoms with Gasteiger partial charge in [-0.1, -0.05) is 5.21 Å². The van der Waals surface area contributed by atoms with E-state index in [-0.39, 0.29) is 6.04 Å². The van der Waals surface area contributed by atoms with Crippen LogP contribution in [0.4, 0.5) is 0 Å². The Morgan fingerprint density at radius 3 is 3.12 bits per heavy atom. The highest BCUT2D eigenvalue weighted by atomic mass is 32.1. The van der Waals surface area contributed by atoms with Gasteiger partial charge in [-0.05, 0) is 18.5 Å². The Bertz CT molecular complexity index is 427. The fraction of sp³-hybridized carbons (Fsp3) is 0.500. The third-order valence-electron chi connectivity index (χ3n) is 2.10. The molecule has 0 radical (unpaired) electrons. The summed E-state index contributed by atoms with van der Waals surface area (Å²) in [4.78, 5) is 1.11. The lowest BCUT2D eigenvalue weighted by molar-refractivity contribution is 0.402. The van der Waals surface area contributed by atoms with Crippen molar-refractivity contribution in [2.75, 3.05) is 7.11 Å². The van der Waals surface area contributed by atoms with Crippen molar-refractivity contribution < 1.29 is 4.74 Å². The summed E-state index contributed by atoms with van der Waals surface area (Å²) in [5, 5.41) is 16.9. The highest BCUT2D eigenvalue weighted by Gasteiger charge is 2.10. The zero-order chi connectivity index (χ0) is 11.4. The molecule has 0 aromatic carbocycles. The van der Waals surface area contributed by atoms with Gasteiger partial charge in [-0.2, -0.15) is 9.59 Å². The Morgan fingerprint density at radius 2 is 2.50 bits per heavy atom. The fourth-order valence-electron chi connectivity index (χ4n) is 1.17. The molecular formula is C8H12N6OS. The predicted octanol–water partition coefficient (Wildman–Crippen LogP) is 0.516. The number of hydrogen-bond donors (Lipinski definition) is 2. The zero-order valence-electron chi connectivity index (χ0n) is 8.97. The minimum absolute atomic E-state index is 0.180. The summed E-state index contributed by atoms with van der Waals surface area (Å²) in [6.07, 6.45) is 0. The molecule has 1 atom stereocenters. The van der Waals surface area contributed by atoms with E-state index in [1.807, 2.05) is 13.0 Å². The maximum atomic E-state index is 5.03. The molecule has 0 saturated heterocycles. The molecule has 7 nitrogen and oxygen atoms in total. The van der Waals surface area contributed by atoms with Gasteiger partial charge in [-0.15, -0.1) is 10.2 Å². The van der Waals surface area contributed by atoms with Crippen molar-refractivity contribution in [2.45, 2.75) is 19.5 Å². The first-order chi connectivity index (χ1) is 7.79. The molecule has 0 aliphatic rings. The van der Waals surface area contributed by atoms with Crippen LogP contribution in [0.2, 0.25) is 0 Å². The number of rotatable bonds is 5. The Kier molecular flexibility index (Phi) is 3.42. The standard InChI is InChI=1S/C8H12N6OS/c1-5(6-3-8(15-2)12-16-6)9-4-7-10-13-14-11-7/h3,5,9H,4H2,1-2H3,(H,10,11,13,14). The number of ether oxygens (including phenoxy) is 1. The first-order valence-corrected chi connectivity index (χ1v) is 5.53. The second-order valence-electron chi connectivity index (χ2n) is 3.20. The summed E-state index contributed by atoms with van der Waals surface area (Å²) in [6, 6.07) is 2.10. The van der Waals surface area contributed by atoms with E-state index in [0.29, 0.717) is 18.2 Å². The van der Waals surface area contributed by atoms with Gasteiger partial charge in [0.1, 0.15) is 0 Å². The maximum Gasteiger partial charge on any atom is 0.225 e. The number of aromatic amines is 1. The highest BCUT2D eigenvalue weighted by molar-refractivity contribution is 7.06. The molecule has 2 N–H and O–H groups in total. The van der Waals surface area contributed by atoms with Crippen LogP contribution in [0.1, 0.15) is 23.7 Å². The second kappa shape index (κ2) is 4.99. The minimum atomic E-state index is 0.180. The molecular weight excluding hydrogens is 228 g/mol. The summed E-state index contributed by atoms with van der Waals surface area (Å²) in [5.74, 6) is 1.29. The summed E-state index contributed by atoms with van der Waals surface area (Å²) in [7, 11) is 1.61. The fourth-order valence-corrected chi connectivity index (χ4v) is 1.89. The number of nitrogens with zero attached hydrogens (tertiary/aromatic N) is 4. The molecule has 0 fully saturated rings. The monoisotopic (exact) mass is 240 g/mol. The average molecular weight is 240 g/mol. The van der Waals surface area contributed by atoms with Crippen molar-refractivity contribution in [3.63, 3.8) is 0 Å². The molecule has 16 heavy (non-hydrogen) atoms. The molecule has 0 bridgehead atoms. The average Bonchev–Trinajstić information content (AvgIpc) is 2.96. The third kappa shape index (κ3) is 2.52. The topological polar surface area (TPSA) is 88.6 Å². The van der Waals surface area contributed by atoms with Crippen LogP contribution in [0.3, 0.4) is 0 Å². The number of H-pyrrole nitrogens is 1. The largest absolute Gasteiger partial charge is 0.480 e. The van der Waals surface area contributed by atoms with Gasteiger partial charge in [0.2, 0.25) is 5.88 Å². The lowest BCUT2D eigenvalue weighted by atomic mass is 10.3. The van der Waals surface area contributed by atoms with Crippen molar-refractivity contribution in [1.29, 1.82) is 0 Å². The molecule has 2 rings (SSSR count). The molecule has 0 aliphatic carbocycles.